The summed E-state index contributed by atoms with van der Waals surface area (Å²) in [5.74, 6) is 0.348. The van der Waals surface area contributed by atoms with Crippen molar-refractivity contribution in [3.63, 3.8) is 0 Å². The van der Waals surface area contributed by atoms with Crippen molar-refractivity contribution in [2.24, 2.45) is 5.92 Å². The topological polar surface area (TPSA) is 72.6 Å². The summed E-state index contributed by atoms with van der Waals surface area (Å²) in [6, 6.07) is 21.6. The fourth-order valence-corrected chi connectivity index (χ4v) is 5.98. The van der Waals surface area contributed by atoms with Gasteiger partial charge in [0.05, 0.1) is 0 Å². The maximum absolute atomic E-state index is 13.8. The monoisotopic (exact) mass is 502 g/mol. The normalized spacial score (nSPS) is 19.8. The van der Waals surface area contributed by atoms with Gasteiger partial charge >= 0.3 is 0 Å². The zero-order valence-electron chi connectivity index (χ0n) is 21.2. The second-order valence-electron chi connectivity index (χ2n) is 10.4. The minimum Gasteiger partial charge on any atom is -0.444 e. The molecular formula is C32H28N3O3+. The molecule has 2 N–H and O–H groups in total. The summed E-state index contributed by atoms with van der Waals surface area (Å²) in [5.41, 5.74) is 7.38. The Balaban J connectivity index is 1.23. The van der Waals surface area contributed by atoms with Crippen LogP contribution >= 0.6 is 0 Å². The van der Waals surface area contributed by atoms with Crippen molar-refractivity contribution in [1.82, 2.24) is 10.2 Å². The Labute approximate surface area is 221 Å². The molecule has 188 valence electrons. The molecule has 6 heteroatoms. The number of fused-ring (bicyclic) bond motifs is 6. The molecule has 1 atom stereocenters. The van der Waals surface area contributed by atoms with Crippen molar-refractivity contribution >= 4 is 23.0 Å². The van der Waals surface area contributed by atoms with Crippen LogP contribution in [0.5, 0.6) is 5.75 Å². The van der Waals surface area contributed by atoms with Gasteiger partial charge in [-0.15, -0.1) is 0 Å². The predicted octanol–water partition coefficient (Wildman–Crippen LogP) is 3.04. The Morgan fingerprint density at radius 1 is 1.00 bits per heavy atom. The number of ether oxygens (including phenoxy) is 1. The maximum Gasteiger partial charge on any atom is 0.246 e. The highest BCUT2D eigenvalue weighted by Gasteiger charge is 2.49. The van der Waals surface area contributed by atoms with Gasteiger partial charge in [0.25, 0.3) is 0 Å². The first-order chi connectivity index (χ1) is 18.6. The molecule has 2 heterocycles. The molecule has 0 bridgehead atoms. The lowest BCUT2D eigenvalue weighted by molar-refractivity contribution is -0.361. The first-order valence-corrected chi connectivity index (χ1v) is 13.2. The van der Waals surface area contributed by atoms with Crippen molar-refractivity contribution in [1.29, 1.82) is 0 Å². The molecule has 38 heavy (non-hydrogen) atoms. The molecular weight excluding hydrogens is 474 g/mol. The van der Waals surface area contributed by atoms with Gasteiger partial charge in [0.15, 0.2) is 23.1 Å². The average Bonchev–Trinajstić information content (AvgIpc) is 2.94. The van der Waals surface area contributed by atoms with E-state index < -0.39 is 5.92 Å². The second-order valence-corrected chi connectivity index (χ2v) is 10.4. The van der Waals surface area contributed by atoms with Crippen LogP contribution in [0.4, 0.5) is 5.69 Å². The molecule has 0 spiro atoms. The van der Waals surface area contributed by atoms with Crippen molar-refractivity contribution in [2.75, 3.05) is 19.6 Å². The van der Waals surface area contributed by atoms with Crippen molar-refractivity contribution in [3.05, 3.63) is 118 Å². The van der Waals surface area contributed by atoms with Crippen LogP contribution in [-0.4, -0.2) is 41.8 Å². The number of hydrogen-bond acceptors (Lipinski definition) is 5. The Hall–Kier alpha value is -4.29. The van der Waals surface area contributed by atoms with Gasteiger partial charge in [-0.2, -0.15) is 0 Å². The van der Waals surface area contributed by atoms with E-state index in [1.54, 1.807) is 12.1 Å². The molecule has 0 saturated carbocycles. The molecule has 3 aromatic rings. The van der Waals surface area contributed by atoms with Crippen LogP contribution in [0, 0.1) is 12.8 Å². The molecule has 0 aromatic heterocycles. The van der Waals surface area contributed by atoms with E-state index in [-0.39, 0.29) is 11.6 Å². The van der Waals surface area contributed by atoms with Gasteiger partial charge < -0.3 is 10.1 Å². The Bertz CT molecular complexity index is 1610. The fraction of sp³-hybridized carbons (Fsp3) is 0.219. The Morgan fingerprint density at radius 2 is 1.79 bits per heavy atom. The number of carbonyl (C=O) groups excluding carboxylic acids is 2. The Kier molecular flexibility index (Phi) is 5.37. The third kappa shape index (κ3) is 3.72. The summed E-state index contributed by atoms with van der Waals surface area (Å²) in [6.45, 7) is 5.41. The number of rotatable bonds is 4. The summed E-state index contributed by atoms with van der Waals surface area (Å²) < 4.78 is 6.32. The second kappa shape index (κ2) is 8.92. The van der Waals surface area contributed by atoms with E-state index in [0.717, 1.165) is 37.3 Å². The summed E-state index contributed by atoms with van der Waals surface area (Å²) in [5, 5.41) is 3.51. The molecule has 2 aliphatic carbocycles. The quantitative estimate of drug-likeness (QED) is 0.574. The lowest BCUT2D eigenvalue weighted by Crippen LogP contribution is -2.72. The number of benzene rings is 3. The summed E-state index contributed by atoms with van der Waals surface area (Å²) in [4.78, 5) is 33.5. The fourth-order valence-electron chi connectivity index (χ4n) is 5.98. The zero-order valence-corrected chi connectivity index (χ0v) is 21.2. The minimum absolute atomic E-state index is 0.0885. The molecule has 0 saturated heterocycles. The van der Waals surface area contributed by atoms with E-state index >= 15 is 0 Å². The molecule has 0 amide bonds. The molecule has 6 nitrogen and oxygen atoms in total. The van der Waals surface area contributed by atoms with Gasteiger partial charge in [-0.25, -0.2) is 4.99 Å². The van der Waals surface area contributed by atoms with Crippen LogP contribution in [0.1, 0.15) is 37.4 Å². The van der Waals surface area contributed by atoms with E-state index in [2.05, 4.69) is 39.5 Å². The first-order valence-electron chi connectivity index (χ1n) is 13.2. The van der Waals surface area contributed by atoms with Gasteiger partial charge in [0.2, 0.25) is 11.4 Å². The number of allylic oxidation sites excluding steroid dienone is 3. The number of nitrogens with one attached hydrogen (secondary N) is 2. The van der Waals surface area contributed by atoms with E-state index in [1.165, 1.54) is 11.1 Å². The lowest BCUT2D eigenvalue weighted by atomic mass is 9.72. The highest BCUT2D eigenvalue weighted by atomic mass is 16.5. The molecule has 4 aliphatic rings. The van der Waals surface area contributed by atoms with E-state index in [1.807, 2.05) is 43.3 Å². The highest BCUT2D eigenvalue weighted by molar-refractivity contribution is 6.32. The smallest absolute Gasteiger partial charge is 0.246 e. The molecule has 3 aromatic carbocycles. The van der Waals surface area contributed by atoms with Crippen LogP contribution < -0.4 is 15.0 Å². The van der Waals surface area contributed by atoms with Gasteiger partial charge in [0, 0.05) is 60.7 Å². The number of aryl methyl sites for hydroxylation is 1. The zero-order chi connectivity index (χ0) is 25.8. The number of nitrogens with zero attached hydrogens (tertiary/aromatic N) is 1. The third-order valence-corrected chi connectivity index (χ3v) is 7.93. The predicted molar refractivity (Wildman–Crippen MR) is 145 cm³/mol. The maximum atomic E-state index is 13.8. The first kappa shape index (κ1) is 22.9. The minimum atomic E-state index is -0.740. The number of carbonyl (C=O) groups is 2. The van der Waals surface area contributed by atoms with Crippen LogP contribution in [0.25, 0.3) is 0 Å². The third-order valence-electron chi connectivity index (χ3n) is 7.93. The van der Waals surface area contributed by atoms with Crippen LogP contribution in [0.3, 0.4) is 0 Å². The molecule has 7 rings (SSSR count). The summed E-state index contributed by atoms with van der Waals surface area (Å²) in [7, 11) is 0. The molecule has 2 aliphatic heterocycles. The van der Waals surface area contributed by atoms with Gasteiger partial charge in [-0.05, 0) is 36.1 Å². The molecule has 0 fully saturated rings. The average molecular weight is 503 g/mol. The van der Waals surface area contributed by atoms with Crippen LogP contribution in [0.15, 0.2) is 89.8 Å². The number of ketones is 2. The van der Waals surface area contributed by atoms with Gasteiger partial charge in [-0.3, -0.25) is 14.5 Å². The van der Waals surface area contributed by atoms with E-state index in [0.29, 0.717) is 46.2 Å². The van der Waals surface area contributed by atoms with Crippen LogP contribution in [-0.2, 0) is 13.0 Å². The largest absolute Gasteiger partial charge is 0.444 e. The molecule has 1 unspecified atom stereocenters. The standard InChI is InChI=1S/C32H27N3O3/c1-19-10-11-24-26(16-19)38-27-17-25(33-13-15-35-14-12-20-6-2-3-7-21(20)18-35)28-29(30(27)34-24)32(37)23-9-5-4-8-22(23)31(28)36/h2-11,16-17,29,33H,12-15,18H2,1H3/p+1. The summed E-state index contributed by atoms with van der Waals surface area (Å²) in [6.07, 6.45) is 2.92. The highest BCUT2D eigenvalue weighted by Crippen LogP contribution is 2.38. The van der Waals surface area contributed by atoms with E-state index in [4.69, 9.17) is 4.74 Å². The van der Waals surface area contributed by atoms with Crippen molar-refractivity contribution in [2.45, 2.75) is 19.9 Å². The lowest BCUT2D eigenvalue weighted by Gasteiger charge is -2.32. The van der Waals surface area contributed by atoms with E-state index in [9.17, 15) is 9.59 Å². The van der Waals surface area contributed by atoms with Gasteiger partial charge in [-0.1, -0.05) is 54.6 Å². The van der Waals surface area contributed by atoms with Crippen LogP contribution in [0.2, 0.25) is 0 Å². The number of hydrogen-bond donors (Lipinski definition) is 2. The van der Waals surface area contributed by atoms with Crippen molar-refractivity contribution in [3.8, 4) is 5.75 Å². The van der Waals surface area contributed by atoms with Gasteiger partial charge in [0.1, 0.15) is 5.92 Å². The molecule has 0 radical (unpaired) electrons. The summed E-state index contributed by atoms with van der Waals surface area (Å²) >= 11 is 0. The number of Topliss-reactive ketones (excluding diaryl/α,β-unsaturated/α-hetero) is 2. The SMILES string of the molecule is Cc1ccc2c(c1)OC1=CC(NCCN3CCc4ccccc4C3)=C3C(=O)c4ccccc4C(=O)C3C1=[NH+]2. The van der Waals surface area contributed by atoms with Crippen molar-refractivity contribution < 1.29 is 19.3 Å². The Morgan fingerprint density at radius 3 is 2.66 bits per heavy atom.